The molecule has 5 aliphatic carbocycles. The quantitative estimate of drug-likeness (QED) is 0.556. The standard InChI is InChI=1S/C23H27N3O/c24-22(26-23-10-13-6-14(11-23)8-15(7-13)12-23)25-19-5-4-18-20(27)9-16-2-1-3-17(19)21(16)18/h1-5,13-15,20,27H,6-12H2,(H3,24,25,26). The first-order valence-corrected chi connectivity index (χ1v) is 10.4. The second-order valence-corrected chi connectivity index (χ2v) is 9.53. The number of nitrogens with two attached hydrogens (primary N) is 1. The molecule has 0 saturated heterocycles. The number of rotatable bonds is 2. The molecule has 0 aromatic heterocycles. The maximum absolute atomic E-state index is 10.3. The number of benzene rings is 2. The number of aliphatic hydroxyl groups excluding tert-OH is 1. The van der Waals surface area contributed by atoms with Crippen LogP contribution in [0.5, 0.6) is 0 Å². The van der Waals surface area contributed by atoms with Gasteiger partial charge in [-0.2, -0.15) is 0 Å². The van der Waals surface area contributed by atoms with Crippen molar-refractivity contribution in [2.24, 2.45) is 28.5 Å². The monoisotopic (exact) mass is 361 g/mol. The highest BCUT2D eigenvalue weighted by Crippen LogP contribution is 2.57. The Morgan fingerprint density at radius 3 is 2.44 bits per heavy atom. The number of aliphatic imine (C=N–C) groups is 1. The summed E-state index contributed by atoms with van der Waals surface area (Å²) in [6.07, 6.45) is 8.22. The summed E-state index contributed by atoms with van der Waals surface area (Å²) in [5, 5.41) is 16.0. The molecular formula is C23H27N3O. The van der Waals surface area contributed by atoms with E-state index < -0.39 is 6.10 Å². The van der Waals surface area contributed by atoms with E-state index in [1.165, 1.54) is 49.5 Å². The molecule has 7 rings (SSSR count). The van der Waals surface area contributed by atoms with Crippen LogP contribution in [0.15, 0.2) is 35.3 Å². The minimum absolute atomic E-state index is 0.0802. The van der Waals surface area contributed by atoms with Gasteiger partial charge in [0.2, 0.25) is 0 Å². The summed E-state index contributed by atoms with van der Waals surface area (Å²) in [4.78, 5) is 5.08. The number of aliphatic hydroxyl groups is 1. The van der Waals surface area contributed by atoms with E-state index in [4.69, 9.17) is 10.7 Å². The summed E-state index contributed by atoms with van der Waals surface area (Å²) in [5.74, 6) is 3.15. The molecule has 0 radical (unpaired) electrons. The van der Waals surface area contributed by atoms with Crippen molar-refractivity contribution in [1.82, 2.24) is 0 Å². The third-order valence-electron chi connectivity index (χ3n) is 7.56. The first-order valence-electron chi connectivity index (χ1n) is 10.4. The zero-order valence-electron chi connectivity index (χ0n) is 15.6. The zero-order valence-corrected chi connectivity index (χ0v) is 15.6. The fourth-order valence-electron chi connectivity index (χ4n) is 7.01. The Kier molecular flexibility index (Phi) is 3.23. The number of nitrogens with zero attached hydrogens (tertiary/aromatic N) is 1. The van der Waals surface area contributed by atoms with Gasteiger partial charge in [0.25, 0.3) is 0 Å². The molecule has 0 aliphatic heterocycles. The van der Waals surface area contributed by atoms with Crippen molar-refractivity contribution in [2.45, 2.75) is 56.6 Å². The van der Waals surface area contributed by atoms with Gasteiger partial charge in [0, 0.05) is 17.5 Å². The third kappa shape index (κ3) is 2.42. The van der Waals surface area contributed by atoms with Crippen LogP contribution in [0.3, 0.4) is 0 Å². The predicted molar refractivity (Wildman–Crippen MR) is 109 cm³/mol. The summed E-state index contributed by atoms with van der Waals surface area (Å²) in [6.45, 7) is 0. The average Bonchev–Trinajstić information content (AvgIpc) is 2.92. The zero-order chi connectivity index (χ0) is 18.2. The van der Waals surface area contributed by atoms with Gasteiger partial charge >= 0.3 is 0 Å². The topological polar surface area (TPSA) is 70.6 Å². The van der Waals surface area contributed by atoms with Crippen LogP contribution >= 0.6 is 0 Å². The lowest BCUT2D eigenvalue weighted by Crippen LogP contribution is -2.50. The van der Waals surface area contributed by atoms with E-state index in [9.17, 15) is 5.11 Å². The van der Waals surface area contributed by atoms with Gasteiger partial charge in [0.1, 0.15) is 0 Å². The van der Waals surface area contributed by atoms with Gasteiger partial charge in [-0.3, -0.25) is 0 Å². The van der Waals surface area contributed by atoms with Gasteiger partial charge in [-0.05, 0) is 78.9 Å². The van der Waals surface area contributed by atoms with Gasteiger partial charge in [-0.1, -0.05) is 24.3 Å². The molecule has 5 aliphatic rings. The van der Waals surface area contributed by atoms with Crippen molar-refractivity contribution in [3.05, 3.63) is 41.5 Å². The maximum atomic E-state index is 10.3. The summed E-state index contributed by atoms with van der Waals surface area (Å²) in [5.41, 5.74) is 9.75. The smallest absolute Gasteiger partial charge is 0.193 e. The summed E-state index contributed by atoms with van der Waals surface area (Å²) in [7, 11) is 0. The lowest BCUT2D eigenvalue weighted by atomic mass is 9.53. The highest BCUT2D eigenvalue weighted by Gasteiger charge is 2.51. The van der Waals surface area contributed by atoms with E-state index in [0.717, 1.165) is 34.4 Å². The molecule has 4 N–H and O–H groups in total. The normalized spacial score (nSPS) is 36.6. The van der Waals surface area contributed by atoms with E-state index >= 15 is 0 Å². The van der Waals surface area contributed by atoms with E-state index in [-0.39, 0.29) is 5.54 Å². The minimum Gasteiger partial charge on any atom is -0.388 e. The van der Waals surface area contributed by atoms with E-state index in [0.29, 0.717) is 12.4 Å². The molecule has 4 saturated carbocycles. The van der Waals surface area contributed by atoms with Crippen molar-refractivity contribution >= 4 is 22.4 Å². The Balaban J connectivity index is 1.34. The second kappa shape index (κ2) is 5.48. The van der Waals surface area contributed by atoms with Gasteiger partial charge < -0.3 is 16.2 Å². The van der Waals surface area contributed by atoms with Crippen molar-refractivity contribution in [2.75, 3.05) is 5.32 Å². The van der Waals surface area contributed by atoms with Crippen molar-refractivity contribution in [3.63, 3.8) is 0 Å². The second-order valence-electron chi connectivity index (χ2n) is 9.53. The van der Waals surface area contributed by atoms with Crippen LogP contribution < -0.4 is 11.1 Å². The van der Waals surface area contributed by atoms with Gasteiger partial charge in [-0.25, -0.2) is 4.99 Å². The fraction of sp³-hybridized carbons (Fsp3) is 0.522. The Bertz CT molecular complexity index is 928. The van der Waals surface area contributed by atoms with Crippen molar-refractivity contribution in [1.29, 1.82) is 0 Å². The Morgan fingerprint density at radius 2 is 1.74 bits per heavy atom. The van der Waals surface area contributed by atoms with Gasteiger partial charge in [0.05, 0.1) is 11.6 Å². The molecule has 2 aromatic carbocycles. The maximum Gasteiger partial charge on any atom is 0.193 e. The number of guanidine groups is 1. The molecule has 140 valence electrons. The van der Waals surface area contributed by atoms with Crippen LogP contribution in [0, 0.1) is 17.8 Å². The van der Waals surface area contributed by atoms with Gasteiger partial charge in [-0.15, -0.1) is 0 Å². The molecule has 0 spiro atoms. The molecule has 4 fully saturated rings. The number of hydrogen-bond donors (Lipinski definition) is 3. The molecule has 0 amide bonds. The largest absolute Gasteiger partial charge is 0.388 e. The Labute approximate surface area is 159 Å². The van der Waals surface area contributed by atoms with Gasteiger partial charge in [0.15, 0.2) is 5.96 Å². The van der Waals surface area contributed by atoms with Crippen molar-refractivity contribution < 1.29 is 5.11 Å². The predicted octanol–water partition coefficient (Wildman–Crippen LogP) is 4.12. The molecule has 2 aromatic rings. The van der Waals surface area contributed by atoms with E-state index in [1.54, 1.807) is 0 Å². The summed E-state index contributed by atoms with van der Waals surface area (Å²) in [6, 6.07) is 10.4. The molecule has 4 bridgehead atoms. The molecule has 1 unspecified atom stereocenters. The number of nitrogens with one attached hydrogen (secondary N) is 1. The lowest BCUT2D eigenvalue weighted by molar-refractivity contribution is 0.00164. The molecular weight excluding hydrogens is 334 g/mol. The average molecular weight is 361 g/mol. The minimum atomic E-state index is -0.392. The van der Waals surface area contributed by atoms with Crippen LogP contribution in [0.25, 0.3) is 10.8 Å². The summed E-state index contributed by atoms with van der Waals surface area (Å²) >= 11 is 0. The third-order valence-corrected chi connectivity index (χ3v) is 7.56. The highest BCUT2D eigenvalue weighted by molar-refractivity contribution is 6.05. The summed E-state index contributed by atoms with van der Waals surface area (Å²) < 4.78 is 0. The Hall–Kier alpha value is -2.07. The number of anilines is 1. The van der Waals surface area contributed by atoms with E-state index in [1.807, 2.05) is 12.1 Å². The van der Waals surface area contributed by atoms with Crippen LogP contribution in [-0.4, -0.2) is 16.6 Å². The SMILES string of the molecule is NC(=NC12CC3CC(CC(C3)C1)C2)Nc1ccc2c3c(cccc13)CC2O. The first kappa shape index (κ1) is 15.9. The van der Waals surface area contributed by atoms with E-state index in [2.05, 4.69) is 23.5 Å². The number of hydrogen-bond acceptors (Lipinski definition) is 2. The molecule has 4 nitrogen and oxygen atoms in total. The lowest BCUT2D eigenvalue weighted by Gasteiger charge is -2.54. The molecule has 27 heavy (non-hydrogen) atoms. The highest BCUT2D eigenvalue weighted by atomic mass is 16.3. The first-order chi connectivity index (χ1) is 13.1. The Morgan fingerprint density at radius 1 is 1.04 bits per heavy atom. The molecule has 1 atom stereocenters. The van der Waals surface area contributed by atoms with Crippen LogP contribution in [0.1, 0.15) is 55.8 Å². The molecule has 4 heteroatoms. The fourth-order valence-corrected chi connectivity index (χ4v) is 7.01. The molecule has 0 heterocycles. The van der Waals surface area contributed by atoms with Crippen molar-refractivity contribution in [3.8, 4) is 0 Å². The van der Waals surface area contributed by atoms with Crippen LogP contribution in [0.2, 0.25) is 0 Å². The van der Waals surface area contributed by atoms with Crippen LogP contribution in [0.4, 0.5) is 5.69 Å². The van der Waals surface area contributed by atoms with Crippen LogP contribution in [-0.2, 0) is 6.42 Å².